The van der Waals surface area contributed by atoms with Crippen LogP contribution in [0.5, 0.6) is 5.75 Å². The van der Waals surface area contributed by atoms with E-state index in [1.165, 1.54) is 11.8 Å². The summed E-state index contributed by atoms with van der Waals surface area (Å²) in [5.41, 5.74) is 6.96. The van der Waals surface area contributed by atoms with Crippen molar-refractivity contribution in [2.75, 3.05) is 37.7 Å². The van der Waals surface area contributed by atoms with Gasteiger partial charge in [0.2, 0.25) is 5.12 Å². The molecule has 1 aromatic rings. The van der Waals surface area contributed by atoms with Gasteiger partial charge in [-0.1, -0.05) is 25.6 Å². The van der Waals surface area contributed by atoms with E-state index < -0.39 is 0 Å². The summed E-state index contributed by atoms with van der Waals surface area (Å²) in [6, 6.07) is 5.21. The predicted octanol–water partition coefficient (Wildman–Crippen LogP) is 3.69. The molecule has 1 rings (SSSR count). The second kappa shape index (κ2) is 11.6. The lowest BCUT2D eigenvalue weighted by Gasteiger charge is -2.17. The minimum atomic E-state index is 0. The lowest BCUT2D eigenvalue weighted by Crippen LogP contribution is -2.24. The molecule has 0 aliphatic rings. The number of nitrogens with zero attached hydrogens (tertiary/aromatic N) is 1. The molecule has 0 fully saturated rings. The van der Waals surface area contributed by atoms with Gasteiger partial charge in [0.05, 0.1) is 12.2 Å². The first-order chi connectivity index (χ1) is 10.1. The van der Waals surface area contributed by atoms with Gasteiger partial charge >= 0.3 is 0 Å². The van der Waals surface area contributed by atoms with Gasteiger partial charge in [0.1, 0.15) is 5.75 Å². The van der Waals surface area contributed by atoms with Crippen molar-refractivity contribution in [3.63, 3.8) is 0 Å². The van der Waals surface area contributed by atoms with E-state index in [4.69, 9.17) is 10.5 Å². The number of nitrogens with two attached hydrogens (primary N) is 1. The molecule has 0 atom stereocenters. The summed E-state index contributed by atoms with van der Waals surface area (Å²) in [6.07, 6.45) is 1.01. The predicted molar refractivity (Wildman–Crippen MR) is 98.5 cm³/mol. The van der Waals surface area contributed by atoms with Crippen LogP contribution in [0.4, 0.5) is 5.69 Å². The van der Waals surface area contributed by atoms with Gasteiger partial charge in [-0.05, 0) is 45.1 Å². The number of thioether (sulfide) groups is 1. The van der Waals surface area contributed by atoms with Crippen LogP contribution in [0.15, 0.2) is 18.2 Å². The van der Waals surface area contributed by atoms with Gasteiger partial charge in [0, 0.05) is 17.5 Å². The first kappa shape index (κ1) is 21.1. The molecule has 0 unspecified atom stereocenters. The zero-order valence-corrected chi connectivity index (χ0v) is 15.3. The van der Waals surface area contributed by atoms with Crippen LogP contribution in [-0.2, 0) is 0 Å². The number of carbonyl (C=O) groups is 1. The summed E-state index contributed by atoms with van der Waals surface area (Å²) in [7, 11) is 0. The third kappa shape index (κ3) is 6.90. The molecule has 0 bridgehead atoms. The Morgan fingerprint density at radius 3 is 2.55 bits per heavy atom. The molecule has 0 amide bonds. The number of anilines is 1. The molecular formula is C16H27ClN2O2S. The standard InChI is InChI=1S/C16H26N2O2S.ClH/c1-4-18(5-2)10-7-11-21-16(19)14-9-8-13(17)12-15(14)20-6-3;/h8-9,12H,4-7,10-11,17H2,1-3H3;1H. The third-order valence-electron chi connectivity index (χ3n) is 3.27. The summed E-state index contributed by atoms with van der Waals surface area (Å²) in [6.45, 7) is 9.89. The minimum absolute atomic E-state index is 0. The van der Waals surface area contributed by atoms with E-state index in [9.17, 15) is 4.79 Å². The first-order valence-corrected chi connectivity index (χ1v) is 8.52. The Kier molecular flexibility index (Phi) is 11.1. The van der Waals surface area contributed by atoms with Gasteiger partial charge in [-0.3, -0.25) is 4.79 Å². The summed E-state index contributed by atoms with van der Waals surface area (Å²) in [4.78, 5) is 14.6. The Morgan fingerprint density at radius 2 is 1.95 bits per heavy atom. The Bertz CT molecular complexity index is 454. The van der Waals surface area contributed by atoms with E-state index in [2.05, 4.69) is 18.7 Å². The van der Waals surface area contributed by atoms with E-state index in [0.717, 1.165) is 31.8 Å². The molecule has 6 heteroatoms. The molecule has 0 saturated carbocycles. The summed E-state index contributed by atoms with van der Waals surface area (Å²) < 4.78 is 5.50. The fourth-order valence-electron chi connectivity index (χ4n) is 2.05. The fourth-order valence-corrected chi connectivity index (χ4v) is 2.84. The molecule has 4 nitrogen and oxygen atoms in total. The van der Waals surface area contributed by atoms with Crippen molar-refractivity contribution in [3.05, 3.63) is 23.8 Å². The van der Waals surface area contributed by atoms with E-state index in [-0.39, 0.29) is 17.5 Å². The zero-order valence-electron chi connectivity index (χ0n) is 13.6. The average molecular weight is 347 g/mol. The Balaban J connectivity index is 0.00000441. The van der Waals surface area contributed by atoms with E-state index in [1.54, 1.807) is 18.2 Å². The summed E-state index contributed by atoms with van der Waals surface area (Å²) in [5.74, 6) is 1.41. The van der Waals surface area contributed by atoms with Crippen molar-refractivity contribution < 1.29 is 9.53 Å². The smallest absolute Gasteiger partial charge is 0.223 e. The SMILES string of the molecule is CCOc1cc(N)ccc1C(=O)SCCCN(CC)CC.Cl. The molecule has 1 aromatic carbocycles. The van der Waals surface area contributed by atoms with Crippen LogP contribution in [0.2, 0.25) is 0 Å². The van der Waals surface area contributed by atoms with Gasteiger partial charge in [0.15, 0.2) is 0 Å². The highest BCUT2D eigenvalue weighted by atomic mass is 35.5. The first-order valence-electron chi connectivity index (χ1n) is 7.54. The van der Waals surface area contributed by atoms with E-state index in [1.807, 2.05) is 6.92 Å². The van der Waals surface area contributed by atoms with Crippen LogP contribution in [-0.4, -0.2) is 42.0 Å². The number of hydrogen-bond acceptors (Lipinski definition) is 5. The lowest BCUT2D eigenvalue weighted by molar-refractivity contribution is 0.108. The third-order valence-corrected chi connectivity index (χ3v) is 4.25. The normalized spacial score (nSPS) is 10.4. The Hall–Kier alpha value is -0.910. The van der Waals surface area contributed by atoms with Crippen LogP contribution in [0.25, 0.3) is 0 Å². The number of ether oxygens (including phenoxy) is 1. The Morgan fingerprint density at radius 1 is 1.27 bits per heavy atom. The second-order valence-electron chi connectivity index (χ2n) is 4.70. The Labute approximate surface area is 144 Å². The lowest BCUT2D eigenvalue weighted by atomic mass is 10.2. The maximum absolute atomic E-state index is 12.3. The summed E-state index contributed by atoms with van der Waals surface area (Å²) in [5, 5.41) is 0.0537. The van der Waals surface area contributed by atoms with Gasteiger partial charge in [-0.25, -0.2) is 0 Å². The highest BCUT2D eigenvalue weighted by Gasteiger charge is 2.13. The van der Waals surface area contributed by atoms with Gasteiger partial charge in [-0.2, -0.15) is 0 Å². The van der Waals surface area contributed by atoms with Crippen LogP contribution < -0.4 is 10.5 Å². The van der Waals surface area contributed by atoms with Crippen molar-refractivity contribution in [1.29, 1.82) is 0 Å². The molecule has 0 spiro atoms. The molecular weight excluding hydrogens is 320 g/mol. The topological polar surface area (TPSA) is 55.6 Å². The van der Waals surface area contributed by atoms with Gasteiger partial charge in [-0.15, -0.1) is 12.4 Å². The molecule has 0 heterocycles. The number of halogens is 1. The number of rotatable bonds is 9. The largest absolute Gasteiger partial charge is 0.493 e. The van der Waals surface area contributed by atoms with Gasteiger partial charge in [0.25, 0.3) is 0 Å². The van der Waals surface area contributed by atoms with Gasteiger partial charge < -0.3 is 15.4 Å². The number of benzene rings is 1. The highest BCUT2D eigenvalue weighted by molar-refractivity contribution is 8.14. The summed E-state index contributed by atoms with van der Waals surface area (Å²) >= 11 is 1.35. The molecule has 22 heavy (non-hydrogen) atoms. The monoisotopic (exact) mass is 346 g/mol. The molecule has 0 aliphatic carbocycles. The van der Waals surface area contributed by atoms with Crippen molar-refractivity contribution in [2.45, 2.75) is 27.2 Å². The van der Waals surface area contributed by atoms with E-state index in [0.29, 0.717) is 23.6 Å². The highest BCUT2D eigenvalue weighted by Crippen LogP contribution is 2.26. The van der Waals surface area contributed by atoms with E-state index >= 15 is 0 Å². The molecule has 0 saturated heterocycles. The van der Waals surface area contributed by atoms with Crippen molar-refractivity contribution >= 4 is 35.0 Å². The van der Waals surface area contributed by atoms with Crippen molar-refractivity contribution in [1.82, 2.24) is 4.90 Å². The second-order valence-corrected chi connectivity index (χ2v) is 5.77. The molecule has 0 aliphatic heterocycles. The fraction of sp³-hybridized carbons (Fsp3) is 0.562. The number of nitrogen functional groups attached to an aromatic ring is 1. The molecule has 126 valence electrons. The molecule has 0 radical (unpaired) electrons. The zero-order chi connectivity index (χ0) is 15.7. The quantitative estimate of drug-likeness (QED) is 0.546. The van der Waals surface area contributed by atoms with Crippen LogP contribution in [0, 0.1) is 0 Å². The maximum Gasteiger partial charge on any atom is 0.223 e. The van der Waals surface area contributed by atoms with Crippen molar-refractivity contribution in [2.24, 2.45) is 0 Å². The molecule has 2 N–H and O–H groups in total. The number of hydrogen-bond donors (Lipinski definition) is 1. The minimum Gasteiger partial charge on any atom is -0.493 e. The maximum atomic E-state index is 12.3. The van der Waals surface area contributed by atoms with Crippen molar-refractivity contribution in [3.8, 4) is 5.75 Å². The average Bonchev–Trinajstić information content (AvgIpc) is 2.47. The molecule has 0 aromatic heterocycles. The van der Waals surface area contributed by atoms with Crippen LogP contribution >= 0.6 is 24.2 Å². The van der Waals surface area contributed by atoms with Crippen LogP contribution in [0.1, 0.15) is 37.6 Å². The number of carbonyl (C=O) groups excluding carboxylic acids is 1. The van der Waals surface area contributed by atoms with Crippen LogP contribution in [0.3, 0.4) is 0 Å².